The summed E-state index contributed by atoms with van der Waals surface area (Å²) in [4.78, 5) is 20.3. The molecule has 0 aliphatic heterocycles. The van der Waals surface area contributed by atoms with E-state index in [4.69, 9.17) is 9.83 Å². The van der Waals surface area contributed by atoms with E-state index in [1.807, 2.05) is 0 Å². The molecular formula is C19H17N5O2. The molecule has 1 amide bonds. The molecule has 7 nitrogen and oxygen atoms in total. The Kier molecular flexibility index (Phi) is 5.19. The molecule has 0 saturated heterocycles. The van der Waals surface area contributed by atoms with Gasteiger partial charge in [0, 0.05) is 60.8 Å². The van der Waals surface area contributed by atoms with Crippen LogP contribution in [0, 0.1) is 5.41 Å². The Labute approximate surface area is 150 Å². The molecule has 0 spiro atoms. The number of allylic oxidation sites excluding steroid dienone is 1. The third kappa shape index (κ3) is 3.84. The quantitative estimate of drug-likeness (QED) is 0.469. The molecule has 3 N–H and O–H groups in total. The van der Waals surface area contributed by atoms with Crippen LogP contribution in [0.1, 0.15) is 11.1 Å². The monoisotopic (exact) mass is 347 g/mol. The topological polar surface area (TPSA) is 104 Å². The first kappa shape index (κ1) is 17.1. The molecule has 7 heteroatoms. The minimum absolute atomic E-state index is 0.285. The summed E-state index contributed by atoms with van der Waals surface area (Å²) in [6.45, 7) is 0. The number of aromatic nitrogens is 2. The van der Waals surface area contributed by atoms with Crippen molar-refractivity contribution in [2.24, 2.45) is 0 Å². The fraction of sp³-hybridized carbons (Fsp3) is 0.0526. The number of nitrogens with one attached hydrogen (secondary N) is 3. The highest BCUT2D eigenvalue weighted by atomic mass is 16.3. The van der Waals surface area contributed by atoms with Gasteiger partial charge < -0.3 is 20.5 Å². The van der Waals surface area contributed by atoms with Gasteiger partial charge in [-0.05, 0) is 29.8 Å². The Hall–Kier alpha value is -3.74. The van der Waals surface area contributed by atoms with Crippen LogP contribution in [0.5, 0.6) is 0 Å². The predicted molar refractivity (Wildman–Crippen MR) is 102 cm³/mol. The smallest absolute Gasteiger partial charge is 0.248 e. The molecule has 130 valence electrons. The van der Waals surface area contributed by atoms with Gasteiger partial charge in [-0.15, -0.1) is 0 Å². The van der Waals surface area contributed by atoms with Gasteiger partial charge in [0.25, 0.3) is 0 Å². The molecule has 0 radical (unpaired) electrons. The van der Waals surface area contributed by atoms with Gasteiger partial charge >= 0.3 is 0 Å². The van der Waals surface area contributed by atoms with E-state index in [1.54, 1.807) is 56.0 Å². The lowest BCUT2D eigenvalue weighted by Gasteiger charge is -2.06. The van der Waals surface area contributed by atoms with E-state index in [1.165, 1.54) is 18.7 Å². The Morgan fingerprint density at radius 3 is 3.00 bits per heavy atom. The zero-order valence-electron chi connectivity index (χ0n) is 14.1. The van der Waals surface area contributed by atoms with Crippen LogP contribution in [0.25, 0.3) is 22.7 Å². The second-order valence-corrected chi connectivity index (χ2v) is 5.35. The molecule has 2 heterocycles. The SMILES string of the molecule is CN/C=C(\C=N)c1ccncc1/C=C/C(=O)Nc1ccc2ncoc2c1. The number of pyridine rings is 1. The Morgan fingerprint density at radius 1 is 1.31 bits per heavy atom. The molecule has 0 saturated carbocycles. The van der Waals surface area contributed by atoms with Crippen molar-refractivity contribution in [3.8, 4) is 0 Å². The van der Waals surface area contributed by atoms with Gasteiger partial charge in [0.2, 0.25) is 5.91 Å². The molecule has 26 heavy (non-hydrogen) atoms. The first-order valence-corrected chi connectivity index (χ1v) is 7.86. The zero-order valence-corrected chi connectivity index (χ0v) is 14.1. The lowest BCUT2D eigenvalue weighted by atomic mass is 10.0. The lowest BCUT2D eigenvalue weighted by molar-refractivity contribution is -0.111. The average molecular weight is 347 g/mol. The highest BCUT2D eigenvalue weighted by Crippen LogP contribution is 2.19. The van der Waals surface area contributed by atoms with E-state index >= 15 is 0 Å². The molecule has 3 aromatic rings. The van der Waals surface area contributed by atoms with E-state index < -0.39 is 0 Å². The third-order valence-electron chi connectivity index (χ3n) is 3.63. The maximum atomic E-state index is 12.2. The summed E-state index contributed by atoms with van der Waals surface area (Å²) >= 11 is 0. The average Bonchev–Trinajstić information content (AvgIpc) is 3.12. The van der Waals surface area contributed by atoms with E-state index in [9.17, 15) is 4.79 Å². The van der Waals surface area contributed by atoms with Crippen molar-refractivity contribution < 1.29 is 9.21 Å². The molecule has 2 aromatic heterocycles. The maximum Gasteiger partial charge on any atom is 0.248 e. The summed E-state index contributed by atoms with van der Waals surface area (Å²) in [7, 11) is 1.76. The first-order valence-electron chi connectivity index (χ1n) is 7.86. The number of carbonyl (C=O) groups is 1. The van der Waals surface area contributed by atoms with E-state index in [0.29, 0.717) is 16.8 Å². The van der Waals surface area contributed by atoms with Gasteiger partial charge in [-0.1, -0.05) is 0 Å². The second-order valence-electron chi connectivity index (χ2n) is 5.35. The number of rotatable bonds is 6. The maximum absolute atomic E-state index is 12.2. The minimum atomic E-state index is -0.285. The Balaban J connectivity index is 1.78. The number of carbonyl (C=O) groups excluding carboxylic acids is 1. The normalized spacial score (nSPS) is 11.7. The van der Waals surface area contributed by atoms with Crippen molar-refractivity contribution in [1.29, 1.82) is 5.41 Å². The fourth-order valence-corrected chi connectivity index (χ4v) is 2.44. The number of hydrogen-bond acceptors (Lipinski definition) is 6. The molecule has 0 aliphatic carbocycles. The number of nitrogens with zero attached hydrogens (tertiary/aromatic N) is 2. The van der Waals surface area contributed by atoms with Gasteiger partial charge in [-0.3, -0.25) is 9.78 Å². The van der Waals surface area contributed by atoms with Gasteiger partial charge in [0.05, 0.1) is 0 Å². The van der Waals surface area contributed by atoms with Crippen LogP contribution in [0.4, 0.5) is 5.69 Å². The van der Waals surface area contributed by atoms with E-state index in [2.05, 4.69) is 20.6 Å². The molecule has 1 aromatic carbocycles. The number of oxazole rings is 1. The summed E-state index contributed by atoms with van der Waals surface area (Å²) in [5.74, 6) is -0.285. The summed E-state index contributed by atoms with van der Waals surface area (Å²) < 4.78 is 5.22. The predicted octanol–water partition coefficient (Wildman–Crippen LogP) is 3.08. The Bertz CT molecular complexity index is 1000. The van der Waals surface area contributed by atoms with Gasteiger partial charge in [-0.2, -0.15) is 0 Å². The number of fused-ring (bicyclic) bond motifs is 1. The standard InChI is InChI=1S/C19H17N5O2/c1-21-10-14(9-20)16-6-7-22-11-13(16)2-5-19(25)24-15-3-4-17-18(8-15)26-12-23-17/h2-12,20-21H,1H3,(H,24,25)/b5-2+,14-10+,20-9?. The summed E-state index contributed by atoms with van der Waals surface area (Å²) in [5, 5.41) is 13.2. The zero-order chi connectivity index (χ0) is 18.4. The largest absolute Gasteiger partial charge is 0.443 e. The van der Waals surface area contributed by atoms with E-state index in [0.717, 1.165) is 16.6 Å². The number of benzene rings is 1. The Morgan fingerprint density at radius 2 is 2.19 bits per heavy atom. The van der Waals surface area contributed by atoms with Crippen LogP contribution in [0.3, 0.4) is 0 Å². The summed E-state index contributed by atoms with van der Waals surface area (Å²) in [6, 6.07) is 7.04. The molecule has 0 aliphatic rings. The van der Waals surface area contributed by atoms with Crippen LogP contribution in [-0.2, 0) is 4.79 Å². The highest BCUT2D eigenvalue weighted by molar-refractivity contribution is 6.10. The molecule has 0 fully saturated rings. The van der Waals surface area contributed by atoms with Gasteiger partial charge in [0.15, 0.2) is 12.0 Å². The molecule has 0 bridgehead atoms. The van der Waals surface area contributed by atoms with Crippen molar-refractivity contribution in [3.63, 3.8) is 0 Å². The van der Waals surface area contributed by atoms with E-state index in [-0.39, 0.29) is 5.91 Å². The van der Waals surface area contributed by atoms with Crippen LogP contribution < -0.4 is 10.6 Å². The molecule has 3 rings (SSSR count). The number of hydrogen-bond donors (Lipinski definition) is 3. The van der Waals surface area contributed by atoms with Gasteiger partial charge in [-0.25, -0.2) is 4.98 Å². The lowest BCUT2D eigenvalue weighted by Crippen LogP contribution is -2.07. The van der Waals surface area contributed by atoms with Gasteiger partial charge in [0.1, 0.15) is 5.52 Å². The van der Waals surface area contributed by atoms with Crippen LogP contribution in [0.15, 0.2) is 59.7 Å². The first-order chi connectivity index (χ1) is 12.7. The van der Waals surface area contributed by atoms with Crippen LogP contribution in [0.2, 0.25) is 0 Å². The highest BCUT2D eigenvalue weighted by Gasteiger charge is 2.06. The van der Waals surface area contributed by atoms with Crippen molar-refractivity contribution in [3.05, 3.63) is 66.5 Å². The minimum Gasteiger partial charge on any atom is -0.443 e. The van der Waals surface area contributed by atoms with Crippen LogP contribution in [-0.4, -0.2) is 29.1 Å². The van der Waals surface area contributed by atoms with Crippen molar-refractivity contribution in [1.82, 2.24) is 15.3 Å². The molecule has 0 atom stereocenters. The van der Waals surface area contributed by atoms with Crippen molar-refractivity contribution in [2.75, 3.05) is 12.4 Å². The molecule has 0 unspecified atom stereocenters. The second kappa shape index (κ2) is 7.89. The fourth-order valence-electron chi connectivity index (χ4n) is 2.44. The number of amides is 1. The number of anilines is 1. The van der Waals surface area contributed by atoms with Crippen LogP contribution >= 0.6 is 0 Å². The molecular weight excluding hydrogens is 330 g/mol. The van der Waals surface area contributed by atoms with Crippen molar-refractivity contribution in [2.45, 2.75) is 0 Å². The summed E-state index contributed by atoms with van der Waals surface area (Å²) in [6.07, 6.45) is 10.7. The third-order valence-corrected chi connectivity index (χ3v) is 3.63. The van der Waals surface area contributed by atoms with Crippen molar-refractivity contribution >= 4 is 40.6 Å². The summed E-state index contributed by atoms with van der Waals surface area (Å²) in [5.41, 5.74) is 4.18.